The summed E-state index contributed by atoms with van der Waals surface area (Å²) in [6.45, 7) is 1.24. The fourth-order valence-electron chi connectivity index (χ4n) is 3.09. The van der Waals surface area contributed by atoms with Crippen LogP contribution in [0.3, 0.4) is 0 Å². The molecule has 2 aliphatic rings. The van der Waals surface area contributed by atoms with Crippen molar-refractivity contribution in [3.8, 4) is 5.75 Å². The van der Waals surface area contributed by atoms with Gasteiger partial charge in [0, 0.05) is 12.3 Å². The van der Waals surface area contributed by atoms with Crippen molar-refractivity contribution in [3.05, 3.63) is 64.1 Å². The van der Waals surface area contributed by atoms with E-state index in [0.717, 1.165) is 5.56 Å². The molecule has 0 unspecified atom stereocenters. The lowest BCUT2D eigenvalue weighted by molar-refractivity contribution is 0.0883. The van der Waals surface area contributed by atoms with Crippen LogP contribution in [0.15, 0.2) is 47.4 Å². The Kier molecular flexibility index (Phi) is 3.38. The number of nitrogens with one attached hydrogen (secondary N) is 1. The minimum atomic E-state index is -0.294. The van der Waals surface area contributed by atoms with Gasteiger partial charge in [-0.2, -0.15) is 0 Å². The first-order valence-electron chi connectivity index (χ1n) is 7.54. The molecule has 1 aromatic carbocycles. The van der Waals surface area contributed by atoms with Crippen LogP contribution in [0.1, 0.15) is 22.1 Å². The van der Waals surface area contributed by atoms with Crippen LogP contribution in [-0.2, 0) is 11.3 Å². The van der Waals surface area contributed by atoms with E-state index < -0.39 is 0 Å². The van der Waals surface area contributed by atoms with Gasteiger partial charge in [0.2, 0.25) is 5.43 Å². The quantitative estimate of drug-likeness (QED) is 0.922. The molecule has 23 heavy (non-hydrogen) atoms. The summed E-state index contributed by atoms with van der Waals surface area (Å²) in [6.07, 6.45) is 1.65. The van der Waals surface area contributed by atoms with Gasteiger partial charge in [-0.15, -0.1) is 0 Å². The topological polar surface area (TPSA) is 69.6 Å². The third kappa shape index (κ3) is 2.41. The first-order chi connectivity index (χ1) is 11.2. The Bertz CT molecular complexity index is 800. The number of hydrogen-bond donors (Lipinski definition) is 1. The highest BCUT2D eigenvalue weighted by molar-refractivity contribution is 5.96. The predicted molar refractivity (Wildman–Crippen MR) is 82.6 cm³/mol. The van der Waals surface area contributed by atoms with Crippen LogP contribution < -0.4 is 15.5 Å². The lowest BCUT2D eigenvalue weighted by atomic mass is 10.1. The highest BCUT2D eigenvalue weighted by Gasteiger charge is 2.39. The summed E-state index contributed by atoms with van der Waals surface area (Å²) in [5.41, 5.74) is 0.924. The van der Waals surface area contributed by atoms with Crippen LogP contribution >= 0.6 is 0 Å². The predicted octanol–water partition coefficient (Wildman–Crippen LogP) is 1.11. The van der Waals surface area contributed by atoms with Crippen molar-refractivity contribution in [2.24, 2.45) is 0 Å². The molecule has 2 aliphatic heterocycles. The minimum Gasteiger partial charge on any atom is -0.483 e. The van der Waals surface area contributed by atoms with Crippen LogP contribution in [0.4, 0.5) is 0 Å². The van der Waals surface area contributed by atoms with E-state index in [9.17, 15) is 9.59 Å². The third-order valence-electron chi connectivity index (χ3n) is 4.25. The fraction of sp³-hybridized carbons (Fsp3) is 0.294. The number of nitrogens with zero attached hydrogens (tertiary/aromatic N) is 1. The Morgan fingerprint density at radius 1 is 1.17 bits per heavy atom. The number of fused-ring (bicyclic) bond motifs is 3. The maximum Gasteiger partial charge on any atom is 0.272 e. The molecule has 4 rings (SSSR count). The van der Waals surface area contributed by atoms with Gasteiger partial charge in [0.15, 0.2) is 11.4 Å². The molecule has 0 aliphatic carbocycles. The van der Waals surface area contributed by atoms with E-state index in [2.05, 4.69) is 5.32 Å². The summed E-state index contributed by atoms with van der Waals surface area (Å²) in [6, 6.07) is 10.9. The molecule has 0 saturated carbocycles. The van der Waals surface area contributed by atoms with Crippen molar-refractivity contribution >= 4 is 5.91 Å². The summed E-state index contributed by atoms with van der Waals surface area (Å²) < 4.78 is 13.0. The number of amides is 1. The lowest BCUT2D eigenvalue weighted by Crippen LogP contribution is -2.48. The van der Waals surface area contributed by atoms with Crippen molar-refractivity contribution in [2.45, 2.75) is 18.7 Å². The standard InChI is InChI=1S/C17H16N2O4/c20-14-6-7-19-13-10-22-9-12(13)18-17(21)15(19)16(14)23-8-11-4-2-1-3-5-11/h1-7,12-13H,8-10H2,(H,18,21)/t12-,13+/m1/s1. The summed E-state index contributed by atoms with van der Waals surface area (Å²) >= 11 is 0. The Balaban J connectivity index is 1.71. The molecule has 118 valence electrons. The number of carbonyl (C=O) groups is 1. The highest BCUT2D eigenvalue weighted by atomic mass is 16.5. The van der Waals surface area contributed by atoms with Gasteiger partial charge in [0.05, 0.1) is 25.3 Å². The molecule has 6 nitrogen and oxygen atoms in total. The summed E-state index contributed by atoms with van der Waals surface area (Å²) in [5, 5.41) is 2.90. The molecule has 1 aromatic heterocycles. The zero-order valence-electron chi connectivity index (χ0n) is 12.4. The van der Waals surface area contributed by atoms with E-state index >= 15 is 0 Å². The van der Waals surface area contributed by atoms with Gasteiger partial charge in [-0.25, -0.2) is 0 Å². The molecule has 1 amide bonds. The first-order valence-corrected chi connectivity index (χ1v) is 7.54. The summed E-state index contributed by atoms with van der Waals surface area (Å²) in [4.78, 5) is 24.6. The van der Waals surface area contributed by atoms with Gasteiger partial charge < -0.3 is 19.4 Å². The van der Waals surface area contributed by atoms with Crippen molar-refractivity contribution in [1.29, 1.82) is 0 Å². The molecular formula is C17H16N2O4. The van der Waals surface area contributed by atoms with Crippen molar-refractivity contribution in [3.63, 3.8) is 0 Å². The molecule has 1 N–H and O–H groups in total. The van der Waals surface area contributed by atoms with E-state index in [1.807, 2.05) is 30.3 Å². The smallest absolute Gasteiger partial charge is 0.272 e. The molecular weight excluding hydrogens is 296 g/mol. The van der Waals surface area contributed by atoms with Gasteiger partial charge in [0.1, 0.15) is 6.61 Å². The summed E-state index contributed by atoms with van der Waals surface area (Å²) in [5.74, 6) is -0.197. The summed E-state index contributed by atoms with van der Waals surface area (Å²) in [7, 11) is 0. The van der Waals surface area contributed by atoms with Crippen LogP contribution in [0.25, 0.3) is 0 Å². The zero-order valence-corrected chi connectivity index (χ0v) is 12.4. The van der Waals surface area contributed by atoms with Crippen molar-refractivity contribution < 1.29 is 14.3 Å². The van der Waals surface area contributed by atoms with Crippen LogP contribution in [-0.4, -0.2) is 29.7 Å². The van der Waals surface area contributed by atoms with Gasteiger partial charge >= 0.3 is 0 Å². The number of rotatable bonds is 3. The SMILES string of the molecule is O=C1N[C@@H]2COC[C@@H]2n2ccc(=O)c(OCc3ccccc3)c21. The van der Waals surface area contributed by atoms with Gasteiger partial charge in [-0.3, -0.25) is 9.59 Å². The van der Waals surface area contributed by atoms with E-state index in [0.29, 0.717) is 13.2 Å². The number of ether oxygens (including phenoxy) is 2. The van der Waals surface area contributed by atoms with Crippen LogP contribution in [0.5, 0.6) is 5.75 Å². The molecule has 2 aromatic rings. The van der Waals surface area contributed by atoms with Gasteiger partial charge in [0.25, 0.3) is 5.91 Å². The van der Waals surface area contributed by atoms with Crippen molar-refractivity contribution in [1.82, 2.24) is 9.88 Å². The monoisotopic (exact) mass is 312 g/mol. The largest absolute Gasteiger partial charge is 0.483 e. The lowest BCUT2D eigenvalue weighted by Gasteiger charge is -2.30. The molecule has 0 bridgehead atoms. The van der Waals surface area contributed by atoms with Crippen molar-refractivity contribution in [2.75, 3.05) is 13.2 Å². The maximum atomic E-state index is 12.4. The average Bonchev–Trinajstić information content (AvgIpc) is 3.03. The Morgan fingerprint density at radius 2 is 2.00 bits per heavy atom. The molecule has 3 heterocycles. The third-order valence-corrected chi connectivity index (χ3v) is 4.25. The highest BCUT2D eigenvalue weighted by Crippen LogP contribution is 2.29. The number of benzene rings is 1. The van der Waals surface area contributed by atoms with Crippen LogP contribution in [0.2, 0.25) is 0 Å². The van der Waals surface area contributed by atoms with E-state index in [4.69, 9.17) is 9.47 Å². The first kappa shape index (κ1) is 14.0. The van der Waals surface area contributed by atoms with Gasteiger partial charge in [-0.05, 0) is 5.56 Å². The molecule has 0 radical (unpaired) electrons. The number of hydrogen-bond acceptors (Lipinski definition) is 4. The Labute approximate surface area is 132 Å². The zero-order chi connectivity index (χ0) is 15.8. The molecule has 2 atom stereocenters. The van der Waals surface area contributed by atoms with E-state index in [1.165, 1.54) is 6.07 Å². The Hall–Kier alpha value is -2.60. The molecule has 1 saturated heterocycles. The second-order valence-electron chi connectivity index (χ2n) is 5.72. The average molecular weight is 312 g/mol. The second-order valence-corrected chi connectivity index (χ2v) is 5.72. The maximum absolute atomic E-state index is 12.4. The molecule has 1 fully saturated rings. The molecule has 0 spiro atoms. The number of aromatic nitrogens is 1. The number of carbonyl (C=O) groups excluding carboxylic acids is 1. The van der Waals surface area contributed by atoms with E-state index in [-0.39, 0.29) is 41.5 Å². The number of pyridine rings is 1. The normalized spacial score (nSPS) is 22.2. The van der Waals surface area contributed by atoms with Gasteiger partial charge in [-0.1, -0.05) is 30.3 Å². The minimum absolute atomic E-state index is 0.00220. The molecule has 6 heteroatoms. The Morgan fingerprint density at radius 3 is 2.83 bits per heavy atom. The fourth-order valence-corrected chi connectivity index (χ4v) is 3.09. The van der Waals surface area contributed by atoms with E-state index in [1.54, 1.807) is 10.8 Å². The second kappa shape index (κ2) is 5.55. The van der Waals surface area contributed by atoms with Crippen LogP contribution in [0, 0.1) is 0 Å².